The lowest BCUT2D eigenvalue weighted by Crippen LogP contribution is -2.10. The minimum atomic E-state index is -0.596. The molecule has 0 saturated carbocycles. The molecule has 0 radical (unpaired) electrons. The Balaban J connectivity index is 2.54. The summed E-state index contributed by atoms with van der Waals surface area (Å²) in [5.74, 6) is -0.750. The zero-order valence-corrected chi connectivity index (χ0v) is 10.9. The summed E-state index contributed by atoms with van der Waals surface area (Å²) in [4.78, 5) is 22.6. The zero-order valence-electron chi connectivity index (χ0n) is 10.1. The van der Waals surface area contributed by atoms with Crippen LogP contribution in [0.1, 0.15) is 17.5 Å². The number of ketones is 1. The van der Waals surface area contributed by atoms with Crippen LogP contribution in [0, 0.1) is 11.3 Å². The molecule has 0 fully saturated rings. The minimum absolute atomic E-state index is 0.0988. The summed E-state index contributed by atoms with van der Waals surface area (Å²) in [6.07, 6.45) is 2.53. The lowest BCUT2D eigenvalue weighted by Gasteiger charge is -1.99. The van der Waals surface area contributed by atoms with E-state index in [2.05, 4.69) is 4.74 Å². The molecule has 0 atom stereocenters. The molecule has 0 bridgehead atoms. The van der Waals surface area contributed by atoms with Crippen LogP contribution >= 0.6 is 11.6 Å². The number of hydrogen-bond acceptors (Lipinski definition) is 4. The number of carbonyl (C=O) groups excluding carboxylic acids is 2. The second-order valence-electron chi connectivity index (χ2n) is 3.62. The van der Waals surface area contributed by atoms with Gasteiger partial charge in [-0.3, -0.25) is 9.59 Å². The fourth-order valence-corrected chi connectivity index (χ4v) is 1.38. The van der Waals surface area contributed by atoms with Crippen LogP contribution in [0.2, 0.25) is 0 Å². The smallest absolute Gasteiger partial charge is 0.313 e. The highest BCUT2D eigenvalue weighted by molar-refractivity contribution is 6.18. The van der Waals surface area contributed by atoms with E-state index in [4.69, 9.17) is 16.9 Å². The highest BCUT2D eigenvalue weighted by Crippen LogP contribution is 2.06. The molecule has 0 amide bonds. The van der Waals surface area contributed by atoms with Crippen molar-refractivity contribution in [1.29, 1.82) is 5.26 Å². The van der Waals surface area contributed by atoms with Crippen molar-refractivity contribution < 1.29 is 14.3 Å². The van der Waals surface area contributed by atoms with Crippen LogP contribution in [0.25, 0.3) is 6.08 Å². The molecule has 0 aliphatic heterocycles. The van der Waals surface area contributed by atoms with Crippen molar-refractivity contribution in [3.8, 4) is 6.07 Å². The van der Waals surface area contributed by atoms with Gasteiger partial charge in [-0.2, -0.15) is 5.26 Å². The SMILES string of the molecule is N#Cc1cccc(C=CC(=O)CC(=O)OCCCl)c1. The second kappa shape index (κ2) is 8.06. The number of esters is 1. The standard InChI is InChI=1S/C14H12ClNO3/c15-6-7-19-14(18)9-13(17)5-4-11-2-1-3-12(8-11)10-16/h1-5,8H,6-7,9H2. The van der Waals surface area contributed by atoms with Gasteiger partial charge in [0, 0.05) is 0 Å². The summed E-state index contributed by atoms with van der Waals surface area (Å²) in [7, 11) is 0. The number of allylic oxidation sites excluding steroid dienone is 1. The van der Waals surface area contributed by atoms with Gasteiger partial charge in [-0.15, -0.1) is 11.6 Å². The lowest BCUT2D eigenvalue weighted by atomic mass is 10.1. The van der Waals surface area contributed by atoms with Gasteiger partial charge in [-0.05, 0) is 23.8 Å². The molecule has 0 N–H and O–H groups in total. The van der Waals surface area contributed by atoms with E-state index < -0.39 is 5.97 Å². The number of benzene rings is 1. The Labute approximate surface area is 116 Å². The third kappa shape index (κ3) is 5.84. The third-order valence-electron chi connectivity index (χ3n) is 2.14. The van der Waals surface area contributed by atoms with E-state index in [-0.39, 0.29) is 24.7 Å². The molecule has 0 aliphatic rings. The van der Waals surface area contributed by atoms with Gasteiger partial charge in [-0.1, -0.05) is 18.2 Å². The Kier molecular flexibility index (Phi) is 6.34. The molecule has 19 heavy (non-hydrogen) atoms. The maximum Gasteiger partial charge on any atom is 0.313 e. The summed E-state index contributed by atoms with van der Waals surface area (Å²) in [6, 6.07) is 8.80. The van der Waals surface area contributed by atoms with E-state index in [1.54, 1.807) is 30.3 Å². The van der Waals surface area contributed by atoms with E-state index >= 15 is 0 Å². The molecule has 1 aromatic rings. The number of nitriles is 1. The fourth-order valence-electron chi connectivity index (χ4n) is 1.31. The summed E-state index contributed by atoms with van der Waals surface area (Å²) in [6.45, 7) is 0.0988. The summed E-state index contributed by atoms with van der Waals surface area (Å²) in [5, 5.41) is 8.73. The van der Waals surface area contributed by atoms with Crippen molar-refractivity contribution in [2.24, 2.45) is 0 Å². The number of alkyl halides is 1. The quantitative estimate of drug-likeness (QED) is 0.346. The van der Waals surface area contributed by atoms with Crippen molar-refractivity contribution in [1.82, 2.24) is 0 Å². The van der Waals surface area contributed by atoms with Crippen molar-refractivity contribution in [2.75, 3.05) is 12.5 Å². The number of carbonyl (C=O) groups is 2. The van der Waals surface area contributed by atoms with Gasteiger partial charge in [0.2, 0.25) is 0 Å². The first kappa shape index (κ1) is 14.9. The number of rotatable bonds is 6. The van der Waals surface area contributed by atoms with Gasteiger partial charge in [0.15, 0.2) is 5.78 Å². The third-order valence-corrected chi connectivity index (χ3v) is 2.29. The first-order chi connectivity index (χ1) is 9.15. The monoisotopic (exact) mass is 277 g/mol. The highest BCUT2D eigenvalue weighted by atomic mass is 35.5. The van der Waals surface area contributed by atoms with Crippen molar-refractivity contribution >= 4 is 29.4 Å². The molecule has 0 heterocycles. The topological polar surface area (TPSA) is 67.2 Å². The molecular weight excluding hydrogens is 266 g/mol. The Morgan fingerprint density at radius 1 is 1.42 bits per heavy atom. The number of hydrogen-bond donors (Lipinski definition) is 0. The molecular formula is C14H12ClNO3. The molecule has 0 aromatic heterocycles. The number of nitrogens with zero attached hydrogens (tertiary/aromatic N) is 1. The van der Waals surface area contributed by atoms with E-state index in [1.165, 1.54) is 6.08 Å². The molecule has 0 aliphatic carbocycles. The van der Waals surface area contributed by atoms with E-state index in [9.17, 15) is 9.59 Å². The molecule has 4 nitrogen and oxygen atoms in total. The Bertz CT molecular complexity index is 532. The van der Waals surface area contributed by atoms with Crippen molar-refractivity contribution in [3.63, 3.8) is 0 Å². The number of halogens is 1. The van der Waals surface area contributed by atoms with Gasteiger partial charge in [0.25, 0.3) is 0 Å². The minimum Gasteiger partial charge on any atom is -0.464 e. The van der Waals surface area contributed by atoms with Crippen LogP contribution in [0.3, 0.4) is 0 Å². The molecule has 1 aromatic carbocycles. The predicted molar refractivity (Wildman–Crippen MR) is 71.5 cm³/mol. The first-order valence-corrected chi connectivity index (χ1v) is 6.12. The van der Waals surface area contributed by atoms with E-state index in [1.807, 2.05) is 6.07 Å². The zero-order chi connectivity index (χ0) is 14.1. The van der Waals surface area contributed by atoms with Crippen LogP contribution in [0.5, 0.6) is 0 Å². The Morgan fingerprint density at radius 2 is 2.21 bits per heavy atom. The highest BCUT2D eigenvalue weighted by Gasteiger charge is 2.07. The van der Waals surface area contributed by atoms with Gasteiger partial charge < -0.3 is 4.74 Å². The van der Waals surface area contributed by atoms with Crippen molar-refractivity contribution in [3.05, 3.63) is 41.5 Å². The molecule has 0 saturated heterocycles. The van der Waals surface area contributed by atoms with Crippen LogP contribution in [0.15, 0.2) is 30.3 Å². The van der Waals surface area contributed by atoms with Crippen molar-refractivity contribution in [2.45, 2.75) is 6.42 Å². The Hall–Kier alpha value is -2.12. The van der Waals surface area contributed by atoms with Crippen LogP contribution in [-0.4, -0.2) is 24.2 Å². The maximum atomic E-state index is 11.5. The summed E-state index contributed by atoms with van der Waals surface area (Å²) < 4.78 is 4.68. The maximum absolute atomic E-state index is 11.5. The van der Waals surface area contributed by atoms with Crippen LogP contribution in [0.4, 0.5) is 0 Å². The van der Waals surface area contributed by atoms with Gasteiger partial charge in [-0.25, -0.2) is 0 Å². The summed E-state index contributed by atoms with van der Waals surface area (Å²) in [5.41, 5.74) is 1.23. The van der Waals surface area contributed by atoms with E-state index in [0.29, 0.717) is 5.56 Å². The first-order valence-electron chi connectivity index (χ1n) is 5.58. The molecule has 98 valence electrons. The normalized spacial score (nSPS) is 10.1. The average molecular weight is 278 g/mol. The molecule has 0 unspecified atom stereocenters. The van der Waals surface area contributed by atoms with Gasteiger partial charge >= 0.3 is 5.97 Å². The second-order valence-corrected chi connectivity index (χ2v) is 4.00. The fraction of sp³-hybridized carbons (Fsp3) is 0.214. The average Bonchev–Trinajstić information content (AvgIpc) is 2.43. The van der Waals surface area contributed by atoms with Gasteiger partial charge in [0.05, 0.1) is 17.5 Å². The van der Waals surface area contributed by atoms with Crippen LogP contribution < -0.4 is 0 Å². The summed E-state index contributed by atoms with van der Waals surface area (Å²) >= 11 is 5.35. The lowest BCUT2D eigenvalue weighted by molar-refractivity contribution is -0.144. The molecule has 5 heteroatoms. The molecule has 1 rings (SSSR count). The number of ether oxygens (including phenoxy) is 1. The largest absolute Gasteiger partial charge is 0.464 e. The van der Waals surface area contributed by atoms with E-state index in [0.717, 1.165) is 5.56 Å². The molecule has 0 spiro atoms. The van der Waals surface area contributed by atoms with Crippen LogP contribution in [-0.2, 0) is 14.3 Å². The predicted octanol–water partition coefficient (Wildman–Crippen LogP) is 2.31. The van der Waals surface area contributed by atoms with Gasteiger partial charge in [0.1, 0.15) is 13.0 Å². The Morgan fingerprint density at radius 3 is 2.89 bits per heavy atom.